The quantitative estimate of drug-likeness (QED) is 0.815. The van der Waals surface area contributed by atoms with Crippen LogP contribution in [0.25, 0.3) is 0 Å². The van der Waals surface area contributed by atoms with Gasteiger partial charge in [0.2, 0.25) is 5.91 Å². The molecule has 0 aliphatic heterocycles. The fraction of sp³-hybridized carbons (Fsp3) is 0.933. The lowest BCUT2D eigenvalue weighted by atomic mass is 9.80. The zero-order valence-corrected chi connectivity index (χ0v) is 12.1. The average Bonchev–Trinajstić information content (AvgIpc) is 3.10. The van der Waals surface area contributed by atoms with Crippen molar-refractivity contribution >= 4 is 5.91 Å². The van der Waals surface area contributed by atoms with Gasteiger partial charge in [-0.15, -0.1) is 0 Å². The molecule has 2 rings (SSSR count). The highest BCUT2D eigenvalue weighted by Crippen LogP contribution is 2.29. The predicted octanol–water partition coefficient (Wildman–Crippen LogP) is 2.41. The highest BCUT2D eigenvalue weighted by atomic mass is 16.2. The standard InChI is InChI=1S/C15H28N2O/c1-4-17(14-5-6-14)15(18)10-16-13-8-11(2)7-12(3)9-13/h11-14,16H,4-10H2,1-3H3. The van der Waals surface area contributed by atoms with Crippen molar-refractivity contribution < 1.29 is 4.79 Å². The normalized spacial score (nSPS) is 32.3. The molecule has 0 aromatic heterocycles. The Morgan fingerprint density at radius 2 is 1.78 bits per heavy atom. The van der Waals surface area contributed by atoms with Crippen molar-refractivity contribution in [2.75, 3.05) is 13.1 Å². The zero-order valence-electron chi connectivity index (χ0n) is 12.1. The molecule has 0 bridgehead atoms. The molecule has 0 radical (unpaired) electrons. The van der Waals surface area contributed by atoms with Crippen molar-refractivity contribution in [1.82, 2.24) is 10.2 Å². The lowest BCUT2D eigenvalue weighted by Crippen LogP contribution is -2.44. The van der Waals surface area contributed by atoms with E-state index in [0.29, 0.717) is 24.5 Å². The Hall–Kier alpha value is -0.570. The molecule has 2 aliphatic carbocycles. The first kappa shape index (κ1) is 13.9. The number of hydrogen-bond acceptors (Lipinski definition) is 2. The number of nitrogens with zero attached hydrogens (tertiary/aromatic N) is 1. The van der Waals surface area contributed by atoms with Crippen molar-refractivity contribution in [2.24, 2.45) is 11.8 Å². The third kappa shape index (κ3) is 3.71. The maximum absolute atomic E-state index is 12.1. The zero-order chi connectivity index (χ0) is 13.1. The number of amides is 1. The summed E-state index contributed by atoms with van der Waals surface area (Å²) in [6, 6.07) is 1.10. The number of nitrogens with one attached hydrogen (secondary N) is 1. The Balaban J connectivity index is 1.74. The first-order chi connectivity index (χ1) is 8.60. The van der Waals surface area contributed by atoms with Gasteiger partial charge in [0.1, 0.15) is 0 Å². The van der Waals surface area contributed by atoms with Crippen LogP contribution in [0.2, 0.25) is 0 Å². The van der Waals surface area contributed by atoms with Crippen molar-refractivity contribution in [2.45, 2.75) is 65.0 Å². The van der Waals surface area contributed by atoms with Gasteiger partial charge in [0, 0.05) is 18.6 Å². The average molecular weight is 252 g/mol. The molecule has 0 heterocycles. The van der Waals surface area contributed by atoms with E-state index in [1.807, 2.05) is 4.90 Å². The van der Waals surface area contributed by atoms with Gasteiger partial charge in [0.15, 0.2) is 0 Å². The smallest absolute Gasteiger partial charge is 0.236 e. The van der Waals surface area contributed by atoms with Gasteiger partial charge in [0.25, 0.3) is 0 Å². The Kier molecular flexibility index (Phi) is 4.66. The van der Waals surface area contributed by atoms with Gasteiger partial charge in [-0.2, -0.15) is 0 Å². The van der Waals surface area contributed by atoms with E-state index in [2.05, 4.69) is 26.1 Å². The van der Waals surface area contributed by atoms with Crippen LogP contribution in [0.15, 0.2) is 0 Å². The van der Waals surface area contributed by atoms with E-state index in [4.69, 9.17) is 0 Å². The second-order valence-corrected chi connectivity index (χ2v) is 6.41. The molecule has 104 valence electrons. The monoisotopic (exact) mass is 252 g/mol. The molecule has 2 unspecified atom stereocenters. The molecule has 0 aromatic carbocycles. The summed E-state index contributed by atoms with van der Waals surface area (Å²) >= 11 is 0. The van der Waals surface area contributed by atoms with Crippen LogP contribution in [0.4, 0.5) is 0 Å². The molecule has 3 nitrogen and oxygen atoms in total. The molecule has 18 heavy (non-hydrogen) atoms. The molecular weight excluding hydrogens is 224 g/mol. The molecule has 2 saturated carbocycles. The molecule has 1 N–H and O–H groups in total. The van der Waals surface area contributed by atoms with Crippen molar-refractivity contribution in [3.05, 3.63) is 0 Å². The van der Waals surface area contributed by atoms with Gasteiger partial charge in [-0.1, -0.05) is 13.8 Å². The summed E-state index contributed by atoms with van der Waals surface area (Å²) in [5.41, 5.74) is 0. The number of carbonyl (C=O) groups is 1. The third-order valence-corrected chi connectivity index (χ3v) is 4.37. The van der Waals surface area contributed by atoms with E-state index in [1.54, 1.807) is 0 Å². The molecule has 0 spiro atoms. The summed E-state index contributed by atoms with van der Waals surface area (Å²) in [6.07, 6.45) is 6.21. The molecule has 0 saturated heterocycles. The van der Waals surface area contributed by atoms with Gasteiger partial charge >= 0.3 is 0 Å². The van der Waals surface area contributed by atoms with Crippen molar-refractivity contribution in [3.63, 3.8) is 0 Å². The molecule has 2 atom stereocenters. The predicted molar refractivity (Wildman–Crippen MR) is 74.4 cm³/mol. The van der Waals surface area contributed by atoms with E-state index in [1.165, 1.54) is 32.1 Å². The van der Waals surface area contributed by atoms with Crippen LogP contribution in [0.1, 0.15) is 52.9 Å². The van der Waals surface area contributed by atoms with Gasteiger partial charge < -0.3 is 10.2 Å². The van der Waals surface area contributed by atoms with Crippen LogP contribution < -0.4 is 5.32 Å². The summed E-state index contributed by atoms with van der Waals surface area (Å²) in [4.78, 5) is 14.2. The maximum atomic E-state index is 12.1. The molecule has 3 heteroatoms. The van der Waals surface area contributed by atoms with E-state index in [0.717, 1.165) is 18.4 Å². The summed E-state index contributed by atoms with van der Waals surface area (Å²) in [7, 11) is 0. The lowest BCUT2D eigenvalue weighted by Gasteiger charge is -2.32. The molecular formula is C15H28N2O. The van der Waals surface area contributed by atoms with Crippen molar-refractivity contribution in [1.29, 1.82) is 0 Å². The molecule has 2 fully saturated rings. The number of hydrogen-bond donors (Lipinski definition) is 1. The van der Waals surface area contributed by atoms with Crippen LogP contribution in [0.3, 0.4) is 0 Å². The summed E-state index contributed by atoms with van der Waals surface area (Å²) < 4.78 is 0. The van der Waals surface area contributed by atoms with E-state index >= 15 is 0 Å². The molecule has 2 aliphatic rings. The van der Waals surface area contributed by atoms with Gasteiger partial charge in [0.05, 0.1) is 6.54 Å². The van der Waals surface area contributed by atoms with Crippen LogP contribution in [-0.2, 0) is 4.79 Å². The van der Waals surface area contributed by atoms with Crippen LogP contribution in [0, 0.1) is 11.8 Å². The minimum absolute atomic E-state index is 0.297. The summed E-state index contributed by atoms with van der Waals surface area (Å²) in [5, 5.41) is 3.49. The minimum atomic E-state index is 0.297. The second-order valence-electron chi connectivity index (χ2n) is 6.41. The molecule has 0 aromatic rings. The first-order valence-electron chi connectivity index (χ1n) is 7.63. The van der Waals surface area contributed by atoms with Crippen LogP contribution in [0.5, 0.6) is 0 Å². The summed E-state index contributed by atoms with van der Waals surface area (Å²) in [6.45, 7) is 8.14. The fourth-order valence-corrected chi connectivity index (χ4v) is 3.47. The minimum Gasteiger partial charge on any atom is -0.339 e. The molecule has 1 amide bonds. The Morgan fingerprint density at radius 3 is 2.28 bits per heavy atom. The largest absolute Gasteiger partial charge is 0.339 e. The second kappa shape index (κ2) is 6.05. The number of likely N-dealkylation sites (N-methyl/N-ethyl adjacent to an activating group) is 1. The van der Waals surface area contributed by atoms with Crippen LogP contribution in [-0.4, -0.2) is 36.0 Å². The highest BCUT2D eigenvalue weighted by Gasteiger charge is 2.31. The number of carbonyl (C=O) groups excluding carboxylic acids is 1. The van der Waals surface area contributed by atoms with E-state index in [9.17, 15) is 4.79 Å². The first-order valence-corrected chi connectivity index (χ1v) is 7.63. The lowest BCUT2D eigenvalue weighted by molar-refractivity contribution is -0.130. The topological polar surface area (TPSA) is 32.3 Å². The van der Waals surface area contributed by atoms with Gasteiger partial charge in [-0.25, -0.2) is 0 Å². The SMILES string of the molecule is CCN(C(=O)CNC1CC(C)CC(C)C1)C1CC1. The van der Waals surface area contributed by atoms with Crippen molar-refractivity contribution in [3.8, 4) is 0 Å². The van der Waals surface area contributed by atoms with Gasteiger partial charge in [-0.3, -0.25) is 4.79 Å². The number of rotatable bonds is 5. The Morgan fingerprint density at radius 1 is 1.17 bits per heavy atom. The Labute approximate surface area is 111 Å². The van der Waals surface area contributed by atoms with Crippen LogP contribution >= 0.6 is 0 Å². The fourth-order valence-electron chi connectivity index (χ4n) is 3.47. The van der Waals surface area contributed by atoms with Gasteiger partial charge in [-0.05, 0) is 50.9 Å². The Bertz CT molecular complexity index is 278. The maximum Gasteiger partial charge on any atom is 0.236 e. The highest BCUT2D eigenvalue weighted by molar-refractivity contribution is 5.78. The van der Waals surface area contributed by atoms with E-state index < -0.39 is 0 Å². The van der Waals surface area contributed by atoms with E-state index in [-0.39, 0.29) is 0 Å². The third-order valence-electron chi connectivity index (χ3n) is 4.37. The summed E-state index contributed by atoms with van der Waals surface area (Å²) in [5.74, 6) is 1.89.